The fourth-order valence-electron chi connectivity index (χ4n) is 1.29. The Hall–Kier alpha value is -1.15. The zero-order valence-corrected chi connectivity index (χ0v) is 12.2. The molecule has 0 amide bonds. The first-order chi connectivity index (χ1) is 9.74. The molecule has 0 fully saturated rings. The third-order valence-corrected chi connectivity index (χ3v) is 3.15. The van der Waals surface area contributed by atoms with Crippen molar-refractivity contribution < 1.29 is 24.1 Å². The van der Waals surface area contributed by atoms with Crippen LogP contribution >= 0.6 is 11.8 Å². The molecule has 0 saturated heterocycles. The van der Waals surface area contributed by atoms with Crippen LogP contribution in [0.5, 0.6) is 0 Å². The highest BCUT2D eigenvalue weighted by molar-refractivity contribution is 7.99. The summed E-state index contributed by atoms with van der Waals surface area (Å²) in [5, 5.41) is 9.54. The van der Waals surface area contributed by atoms with Gasteiger partial charge in [-0.3, -0.25) is 0 Å². The lowest BCUT2D eigenvalue weighted by Crippen LogP contribution is -2.09. The Balaban J connectivity index is 2.06. The average molecular weight is 301 g/mol. The molecule has 1 aromatic heterocycles. The minimum atomic E-state index is -0.946. The van der Waals surface area contributed by atoms with E-state index in [0.29, 0.717) is 43.8 Å². The fourth-order valence-corrected chi connectivity index (χ4v) is 2.05. The zero-order chi connectivity index (χ0) is 14.6. The molecule has 0 bridgehead atoms. The second-order valence-electron chi connectivity index (χ2n) is 3.75. The van der Waals surface area contributed by atoms with Crippen LogP contribution in [0.4, 0.5) is 0 Å². The highest BCUT2D eigenvalue weighted by Gasteiger charge is 2.04. The van der Waals surface area contributed by atoms with E-state index in [-0.39, 0.29) is 5.56 Å². The van der Waals surface area contributed by atoms with E-state index in [1.54, 1.807) is 13.2 Å². The van der Waals surface area contributed by atoms with Crippen LogP contribution in [-0.4, -0.2) is 62.0 Å². The van der Waals surface area contributed by atoms with Gasteiger partial charge in [-0.15, -0.1) is 11.8 Å². The molecule has 20 heavy (non-hydrogen) atoms. The van der Waals surface area contributed by atoms with Gasteiger partial charge in [-0.1, -0.05) is 0 Å². The minimum absolute atomic E-state index is 0.245. The van der Waals surface area contributed by atoms with E-state index in [1.807, 2.05) is 0 Å². The molecule has 0 radical (unpaired) electrons. The van der Waals surface area contributed by atoms with Gasteiger partial charge in [0.1, 0.15) is 0 Å². The Morgan fingerprint density at radius 3 is 2.65 bits per heavy atom. The number of carbonyl (C=O) groups is 1. The molecule has 7 heteroatoms. The van der Waals surface area contributed by atoms with Crippen molar-refractivity contribution in [2.45, 2.75) is 5.03 Å². The molecule has 1 heterocycles. The van der Waals surface area contributed by atoms with E-state index >= 15 is 0 Å². The van der Waals surface area contributed by atoms with Crippen LogP contribution < -0.4 is 0 Å². The number of thioether (sulfide) groups is 1. The Labute approximate surface area is 122 Å². The van der Waals surface area contributed by atoms with Crippen LogP contribution in [0.2, 0.25) is 0 Å². The number of carboxylic acid groups (broad SMARTS) is 1. The van der Waals surface area contributed by atoms with Crippen LogP contribution in [0.25, 0.3) is 0 Å². The summed E-state index contributed by atoms with van der Waals surface area (Å²) >= 11 is 1.46. The summed E-state index contributed by atoms with van der Waals surface area (Å²) in [6, 6.07) is 3.03. The molecule has 112 valence electrons. The largest absolute Gasteiger partial charge is 0.478 e. The van der Waals surface area contributed by atoms with E-state index in [9.17, 15) is 4.79 Å². The number of methoxy groups -OCH3 is 1. The molecule has 0 spiro atoms. The van der Waals surface area contributed by atoms with Gasteiger partial charge in [0.2, 0.25) is 0 Å². The standard InChI is InChI=1S/C13H19NO5S/c1-17-4-5-18-6-7-19-8-9-20-12-10-11(13(15)16)2-3-14-12/h2-3,10H,4-9H2,1H3,(H,15,16). The maximum Gasteiger partial charge on any atom is 0.335 e. The van der Waals surface area contributed by atoms with E-state index in [1.165, 1.54) is 24.0 Å². The number of hydrogen-bond donors (Lipinski definition) is 1. The second kappa shape index (κ2) is 10.6. The van der Waals surface area contributed by atoms with Gasteiger partial charge in [0.25, 0.3) is 0 Å². The quantitative estimate of drug-likeness (QED) is 0.491. The topological polar surface area (TPSA) is 77.9 Å². The van der Waals surface area contributed by atoms with Gasteiger partial charge in [-0.05, 0) is 12.1 Å². The summed E-state index contributed by atoms with van der Waals surface area (Å²) in [5.41, 5.74) is 0.245. The molecule has 0 atom stereocenters. The van der Waals surface area contributed by atoms with Crippen molar-refractivity contribution in [3.05, 3.63) is 23.9 Å². The number of hydrogen-bond acceptors (Lipinski definition) is 6. The van der Waals surface area contributed by atoms with Crippen molar-refractivity contribution in [2.75, 3.05) is 45.9 Å². The molecule has 0 saturated carbocycles. The Morgan fingerprint density at radius 2 is 1.95 bits per heavy atom. The van der Waals surface area contributed by atoms with Gasteiger partial charge in [0, 0.05) is 19.1 Å². The minimum Gasteiger partial charge on any atom is -0.478 e. The van der Waals surface area contributed by atoms with Crippen LogP contribution in [-0.2, 0) is 14.2 Å². The summed E-state index contributed by atoms with van der Waals surface area (Å²) < 4.78 is 15.5. The third kappa shape index (κ3) is 7.44. The van der Waals surface area contributed by atoms with Crippen molar-refractivity contribution in [1.82, 2.24) is 4.98 Å². The van der Waals surface area contributed by atoms with Crippen molar-refractivity contribution in [2.24, 2.45) is 0 Å². The van der Waals surface area contributed by atoms with Crippen LogP contribution in [0, 0.1) is 0 Å². The van der Waals surface area contributed by atoms with Gasteiger partial charge >= 0.3 is 5.97 Å². The van der Waals surface area contributed by atoms with Gasteiger partial charge in [0.15, 0.2) is 0 Å². The second-order valence-corrected chi connectivity index (χ2v) is 4.87. The van der Waals surface area contributed by atoms with Crippen LogP contribution in [0.3, 0.4) is 0 Å². The SMILES string of the molecule is COCCOCCOCCSc1cc(C(=O)O)ccn1. The summed E-state index contributed by atoms with van der Waals surface area (Å²) in [4.78, 5) is 14.9. The average Bonchev–Trinajstić information content (AvgIpc) is 2.46. The van der Waals surface area contributed by atoms with E-state index in [4.69, 9.17) is 19.3 Å². The van der Waals surface area contributed by atoms with Gasteiger partial charge in [-0.25, -0.2) is 9.78 Å². The summed E-state index contributed by atoms with van der Waals surface area (Å²) in [6.07, 6.45) is 1.50. The van der Waals surface area contributed by atoms with Gasteiger partial charge in [0.05, 0.1) is 43.6 Å². The zero-order valence-electron chi connectivity index (χ0n) is 11.4. The lowest BCUT2D eigenvalue weighted by molar-refractivity contribution is 0.0286. The van der Waals surface area contributed by atoms with Crippen molar-refractivity contribution in [3.63, 3.8) is 0 Å². The molecular weight excluding hydrogens is 282 g/mol. The number of aromatic carboxylic acids is 1. The number of aromatic nitrogens is 1. The van der Waals surface area contributed by atoms with Crippen molar-refractivity contribution >= 4 is 17.7 Å². The molecule has 0 unspecified atom stereocenters. The number of nitrogens with zero attached hydrogens (tertiary/aromatic N) is 1. The molecule has 1 rings (SSSR count). The highest BCUT2D eigenvalue weighted by Crippen LogP contribution is 2.15. The van der Waals surface area contributed by atoms with Crippen molar-refractivity contribution in [1.29, 1.82) is 0 Å². The molecule has 0 aliphatic rings. The first-order valence-electron chi connectivity index (χ1n) is 6.20. The Kier molecular flexibility index (Phi) is 8.97. The predicted molar refractivity (Wildman–Crippen MR) is 75.4 cm³/mol. The Bertz CT molecular complexity index is 402. The smallest absolute Gasteiger partial charge is 0.335 e. The number of pyridine rings is 1. The molecule has 1 N–H and O–H groups in total. The highest BCUT2D eigenvalue weighted by atomic mass is 32.2. The monoisotopic (exact) mass is 301 g/mol. The van der Waals surface area contributed by atoms with Gasteiger partial charge < -0.3 is 19.3 Å². The van der Waals surface area contributed by atoms with Crippen LogP contribution in [0.15, 0.2) is 23.4 Å². The lowest BCUT2D eigenvalue weighted by atomic mass is 10.3. The summed E-state index contributed by atoms with van der Waals surface area (Å²) in [5.74, 6) is -0.229. The maximum atomic E-state index is 10.8. The van der Waals surface area contributed by atoms with E-state index < -0.39 is 5.97 Å². The molecular formula is C13H19NO5S. The third-order valence-electron chi connectivity index (χ3n) is 2.26. The van der Waals surface area contributed by atoms with Crippen molar-refractivity contribution in [3.8, 4) is 0 Å². The van der Waals surface area contributed by atoms with Crippen LogP contribution in [0.1, 0.15) is 10.4 Å². The molecule has 0 aliphatic carbocycles. The predicted octanol–water partition coefficient (Wildman–Crippen LogP) is 1.55. The summed E-state index contributed by atoms with van der Waals surface area (Å²) in [6.45, 7) is 2.80. The normalized spacial score (nSPS) is 10.7. The number of rotatable bonds is 11. The molecule has 6 nitrogen and oxygen atoms in total. The molecule has 0 aromatic carbocycles. The first-order valence-corrected chi connectivity index (χ1v) is 7.19. The lowest BCUT2D eigenvalue weighted by Gasteiger charge is -2.05. The number of carboxylic acids is 1. The molecule has 0 aliphatic heterocycles. The fraction of sp³-hybridized carbons (Fsp3) is 0.538. The van der Waals surface area contributed by atoms with E-state index in [0.717, 1.165) is 0 Å². The van der Waals surface area contributed by atoms with Gasteiger partial charge in [-0.2, -0.15) is 0 Å². The number of ether oxygens (including phenoxy) is 3. The van der Waals surface area contributed by atoms with E-state index in [2.05, 4.69) is 4.98 Å². The Morgan fingerprint density at radius 1 is 1.25 bits per heavy atom. The first kappa shape index (κ1) is 16.9. The maximum absolute atomic E-state index is 10.8. The molecule has 1 aromatic rings. The summed E-state index contributed by atoms with van der Waals surface area (Å²) in [7, 11) is 1.63.